The van der Waals surface area contributed by atoms with Crippen LogP contribution in [0.5, 0.6) is 0 Å². The zero-order valence-electron chi connectivity index (χ0n) is 24.7. The molecule has 6 heteroatoms. The molecule has 6 nitrogen and oxygen atoms in total. The Morgan fingerprint density at radius 3 is 1.80 bits per heavy atom. The van der Waals surface area contributed by atoms with E-state index in [0.717, 1.165) is 34.4 Å². The zero-order valence-corrected chi connectivity index (χ0v) is 24.7. The van der Waals surface area contributed by atoms with Crippen LogP contribution in [0.2, 0.25) is 0 Å². The van der Waals surface area contributed by atoms with E-state index in [1.807, 2.05) is 121 Å². The summed E-state index contributed by atoms with van der Waals surface area (Å²) in [6.45, 7) is 0. The maximum absolute atomic E-state index is 14.1. The van der Waals surface area contributed by atoms with Gasteiger partial charge in [0.1, 0.15) is 6.10 Å². The molecule has 1 aliphatic rings. The Hall–Kier alpha value is -5.46. The summed E-state index contributed by atoms with van der Waals surface area (Å²) in [4.78, 5) is 30.3. The first kappa shape index (κ1) is 28.3. The fourth-order valence-electron chi connectivity index (χ4n) is 5.99. The third-order valence-corrected chi connectivity index (χ3v) is 8.34. The Morgan fingerprint density at radius 1 is 0.622 bits per heavy atom. The highest BCUT2D eigenvalue weighted by molar-refractivity contribution is 6.04. The molecule has 45 heavy (non-hydrogen) atoms. The molecule has 2 heterocycles. The van der Waals surface area contributed by atoms with E-state index in [1.165, 1.54) is 5.56 Å². The second kappa shape index (κ2) is 12.6. The molecule has 0 radical (unpaired) electrons. The molecular weight excluding hydrogens is 556 g/mol. The van der Waals surface area contributed by atoms with Crippen molar-refractivity contribution in [1.29, 1.82) is 0 Å². The fraction of sp³-hybridized carbons (Fsp3) is 0.128. The van der Waals surface area contributed by atoms with Gasteiger partial charge in [-0.3, -0.25) is 9.69 Å². The van der Waals surface area contributed by atoms with Crippen molar-refractivity contribution in [3.05, 3.63) is 151 Å². The lowest BCUT2D eigenvalue weighted by Crippen LogP contribution is -2.39. The van der Waals surface area contributed by atoms with E-state index in [0.29, 0.717) is 36.0 Å². The van der Waals surface area contributed by atoms with Gasteiger partial charge in [-0.2, -0.15) is 0 Å². The number of rotatable bonds is 7. The summed E-state index contributed by atoms with van der Waals surface area (Å²) in [5.74, 6) is 1.09. The van der Waals surface area contributed by atoms with E-state index < -0.39 is 6.10 Å². The Bertz CT molecular complexity index is 1870. The first-order valence-corrected chi connectivity index (χ1v) is 15.3. The van der Waals surface area contributed by atoms with Gasteiger partial charge in [0.15, 0.2) is 17.5 Å². The van der Waals surface area contributed by atoms with Crippen molar-refractivity contribution in [1.82, 2.24) is 15.0 Å². The van der Waals surface area contributed by atoms with Crippen molar-refractivity contribution >= 4 is 17.3 Å². The van der Waals surface area contributed by atoms with E-state index >= 15 is 0 Å². The molecule has 6 aromatic rings. The normalized spacial score (nSPS) is 16.2. The SMILES string of the molecule is O=C1C(O)C(CCc2ccccc2)Cc2ccccc2N1c1cccc(-c2nc(-c3ccccc3)nc(-c3ccccc3)n2)c1. The summed E-state index contributed by atoms with van der Waals surface area (Å²) in [5, 5.41) is 11.5. The van der Waals surface area contributed by atoms with Crippen molar-refractivity contribution in [3.63, 3.8) is 0 Å². The molecule has 1 aliphatic heterocycles. The van der Waals surface area contributed by atoms with E-state index in [1.54, 1.807) is 4.90 Å². The maximum atomic E-state index is 14.1. The molecule has 0 saturated carbocycles. The highest BCUT2D eigenvalue weighted by Crippen LogP contribution is 2.38. The van der Waals surface area contributed by atoms with Crippen molar-refractivity contribution in [2.75, 3.05) is 4.90 Å². The van der Waals surface area contributed by atoms with Crippen molar-refractivity contribution in [3.8, 4) is 34.2 Å². The van der Waals surface area contributed by atoms with Crippen LogP contribution in [-0.2, 0) is 17.6 Å². The van der Waals surface area contributed by atoms with Gasteiger partial charge in [0.2, 0.25) is 0 Å². The molecule has 0 fully saturated rings. The van der Waals surface area contributed by atoms with Crippen molar-refractivity contribution in [2.24, 2.45) is 5.92 Å². The minimum atomic E-state index is -1.14. The molecule has 1 N–H and O–H groups in total. The standard InChI is InChI=1S/C39H32N4O2/c44-35-31(24-23-27-13-4-1-5-14-27)25-30-19-10-11-22-34(30)43(39(35)45)33-21-12-20-32(26-33)38-41-36(28-15-6-2-7-16-28)40-37(42-38)29-17-8-3-9-18-29/h1-22,26,31,35,44H,23-25H2. The number of para-hydroxylation sites is 1. The number of carbonyl (C=O) groups excluding carboxylic acids is 1. The third-order valence-electron chi connectivity index (χ3n) is 8.34. The average Bonchev–Trinajstić information content (AvgIpc) is 3.21. The van der Waals surface area contributed by atoms with Gasteiger partial charge in [0, 0.05) is 22.4 Å². The van der Waals surface area contributed by atoms with Crippen LogP contribution in [0.25, 0.3) is 34.2 Å². The van der Waals surface area contributed by atoms with Gasteiger partial charge in [-0.25, -0.2) is 15.0 Å². The monoisotopic (exact) mass is 588 g/mol. The first-order chi connectivity index (χ1) is 22.1. The maximum Gasteiger partial charge on any atom is 0.260 e. The van der Waals surface area contributed by atoms with Crippen LogP contribution in [0.1, 0.15) is 17.5 Å². The molecule has 0 spiro atoms. The highest BCUT2D eigenvalue weighted by atomic mass is 16.3. The number of benzene rings is 5. The lowest BCUT2D eigenvalue weighted by atomic mass is 9.89. The number of hydrogen-bond donors (Lipinski definition) is 1. The number of fused-ring (bicyclic) bond motifs is 1. The number of aromatic nitrogens is 3. The van der Waals surface area contributed by atoms with Crippen LogP contribution in [0.4, 0.5) is 11.4 Å². The smallest absolute Gasteiger partial charge is 0.260 e. The lowest BCUT2D eigenvalue weighted by Gasteiger charge is -2.26. The Labute approximate surface area is 262 Å². The number of anilines is 2. The van der Waals surface area contributed by atoms with Crippen molar-refractivity contribution < 1.29 is 9.90 Å². The van der Waals surface area contributed by atoms with Crippen LogP contribution in [0.15, 0.2) is 140 Å². The molecule has 5 aromatic carbocycles. The van der Waals surface area contributed by atoms with Gasteiger partial charge >= 0.3 is 0 Å². The topological polar surface area (TPSA) is 79.2 Å². The van der Waals surface area contributed by atoms with E-state index in [2.05, 4.69) is 18.2 Å². The second-order valence-corrected chi connectivity index (χ2v) is 11.3. The molecule has 0 saturated heterocycles. The van der Waals surface area contributed by atoms with Gasteiger partial charge in [0.25, 0.3) is 5.91 Å². The van der Waals surface area contributed by atoms with Crippen molar-refractivity contribution in [2.45, 2.75) is 25.4 Å². The average molecular weight is 589 g/mol. The van der Waals surface area contributed by atoms with Crippen LogP contribution in [0, 0.1) is 5.92 Å². The number of hydrogen-bond acceptors (Lipinski definition) is 5. The molecular formula is C39H32N4O2. The number of aliphatic hydroxyl groups is 1. The molecule has 2 unspecified atom stereocenters. The molecule has 0 bridgehead atoms. The summed E-state index contributed by atoms with van der Waals surface area (Å²) < 4.78 is 0. The Morgan fingerprint density at radius 2 is 1.16 bits per heavy atom. The summed E-state index contributed by atoms with van der Waals surface area (Å²) >= 11 is 0. The van der Waals surface area contributed by atoms with Gasteiger partial charge in [-0.05, 0) is 54.5 Å². The molecule has 220 valence electrons. The fourth-order valence-corrected chi connectivity index (χ4v) is 5.99. The second-order valence-electron chi connectivity index (χ2n) is 11.3. The largest absolute Gasteiger partial charge is 0.383 e. The summed E-state index contributed by atoms with van der Waals surface area (Å²) in [6.07, 6.45) is 0.964. The minimum Gasteiger partial charge on any atom is -0.383 e. The van der Waals surface area contributed by atoms with E-state index in [-0.39, 0.29) is 11.8 Å². The number of aliphatic hydroxyl groups excluding tert-OH is 1. The molecule has 7 rings (SSSR count). The lowest BCUT2D eigenvalue weighted by molar-refractivity contribution is -0.128. The van der Waals surface area contributed by atoms with E-state index in [4.69, 9.17) is 15.0 Å². The highest BCUT2D eigenvalue weighted by Gasteiger charge is 2.36. The van der Waals surface area contributed by atoms with Gasteiger partial charge < -0.3 is 5.11 Å². The van der Waals surface area contributed by atoms with Crippen LogP contribution < -0.4 is 4.90 Å². The quantitative estimate of drug-likeness (QED) is 0.207. The summed E-state index contributed by atoms with van der Waals surface area (Å²) in [7, 11) is 0. The predicted molar refractivity (Wildman–Crippen MR) is 178 cm³/mol. The molecule has 0 aliphatic carbocycles. The molecule has 1 aromatic heterocycles. The number of nitrogens with zero attached hydrogens (tertiary/aromatic N) is 4. The molecule has 2 atom stereocenters. The summed E-state index contributed by atoms with van der Waals surface area (Å²) in [6, 6.07) is 45.5. The Balaban J connectivity index is 1.27. The number of carbonyl (C=O) groups is 1. The first-order valence-electron chi connectivity index (χ1n) is 15.3. The van der Waals surface area contributed by atoms with E-state index in [9.17, 15) is 9.90 Å². The van der Waals surface area contributed by atoms with Crippen LogP contribution in [-0.4, -0.2) is 32.1 Å². The van der Waals surface area contributed by atoms with Crippen LogP contribution in [0.3, 0.4) is 0 Å². The van der Waals surface area contributed by atoms with Gasteiger partial charge in [-0.15, -0.1) is 0 Å². The van der Waals surface area contributed by atoms with Gasteiger partial charge in [-0.1, -0.05) is 121 Å². The number of amides is 1. The minimum absolute atomic E-state index is 0.211. The van der Waals surface area contributed by atoms with Gasteiger partial charge in [0.05, 0.1) is 5.69 Å². The van der Waals surface area contributed by atoms with Crippen LogP contribution >= 0.6 is 0 Å². The molecule has 1 amide bonds. The Kier molecular flexibility index (Phi) is 7.96. The zero-order chi connectivity index (χ0) is 30.6. The predicted octanol–water partition coefficient (Wildman–Crippen LogP) is 7.70. The number of aryl methyl sites for hydroxylation is 1. The third kappa shape index (κ3) is 6.01. The summed E-state index contributed by atoms with van der Waals surface area (Å²) in [5.41, 5.74) is 6.17.